The van der Waals surface area contributed by atoms with Crippen LogP contribution in [0.25, 0.3) is 0 Å². The molecular weight excluding hydrogens is 314 g/mol. The summed E-state index contributed by atoms with van der Waals surface area (Å²) in [4.78, 5) is 0. The first-order valence-corrected chi connectivity index (χ1v) is 6.80. The number of rotatable bonds is 4. The van der Waals surface area contributed by atoms with Crippen LogP contribution in [-0.4, -0.2) is 0 Å². The van der Waals surface area contributed by atoms with Gasteiger partial charge in [0, 0.05) is 6.07 Å². The first-order chi connectivity index (χ1) is 9.10. The molecule has 4 heteroatoms. The van der Waals surface area contributed by atoms with Gasteiger partial charge in [-0.3, -0.25) is 0 Å². The van der Waals surface area contributed by atoms with Gasteiger partial charge >= 0.3 is 0 Å². The van der Waals surface area contributed by atoms with Gasteiger partial charge in [0.2, 0.25) is 0 Å². The van der Waals surface area contributed by atoms with Crippen molar-refractivity contribution in [1.29, 1.82) is 0 Å². The second-order valence-electron chi connectivity index (χ2n) is 4.19. The third kappa shape index (κ3) is 3.53. The highest BCUT2D eigenvalue weighted by molar-refractivity contribution is 9.10. The van der Waals surface area contributed by atoms with Gasteiger partial charge in [0.05, 0.1) is 4.47 Å². The van der Waals surface area contributed by atoms with Crippen LogP contribution < -0.4 is 4.74 Å². The van der Waals surface area contributed by atoms with Crippen molar-refractivity contribution in [2.24, 2.45) is 0 Å². The molecule has 2 aromatic rings. The first-order valence-electron chi connectivity index (χ1n) is 6.01. The highest BCUT2D eigenvalue weighted by atomic mass is 79.9. The summed E-state index contributed by atoms with van der Waals surface area (Å²) in [5.41, 5.74) is 1.18. The van der Waals surface area contributed by atoms with Crippen LogP contribution in [0.4, 0.5) is 8.78 Å². The molecule has 0 aliphatic heterocycles. The van der Waals surface area contributed by atoms with Crippen molar-refractivity contribution in [1.82, 2.24) is 0 Å². The molecule has 0 N–H and O–H groups in total. The van der Waals surface area contributed by atoms with Crippen LogP contribution >= 0.6 is 15.9 Å². The Kier molecular flexibility index (Phi) is 4.53. The van der Waals surface area contributed by atoms with E-state index in [1.54, 1.807) is 6.07 Å². The fourth-order valence-electron chi connectivity index (χ4n) is 1.75. The van der Waals surface area contributed by atoms with E-state index in [0.717, 1.165) is 29.4 Å². The first kappa shape index (κ1) is 14.0. The van der Waals surface area contributed by atoms with E-state index in [9.17, 15) is 8.78 Å². The summed E-state index contributed by atoms with van der Waals surface area (Å²) >= 11 is 3.39. The summed E-state index contributed by atoms with van der Waals surface area (Å²) in [5, 5.41) is 0. The van der Waals surface area contributed by atoms with Gasteiger partial charge in [-0.1, -0.05) is 19.4 Å². The number of ether oxygens (including phenoxy) is 1. The number of benzene rings is 2. The Hall–Kier alpha value is -1.42. The molecule has 0 radical (unpaired) electrons. The number of hydrogen-bond donors (Lipinski definition) is 0. The zero-order valence-corrected chi connectivity index (χ0v) is 12.0. The molecular formula is C15H13BrF2O. The average molecular weight is 327 g/mol. The maximum Gasteiger partial charge on any atom is 0.168 e. The second-order valence-corrected chi connectivity index (χ2v) is 5.05. The molecule has 0 fully saturated rings. The average Bonchev–Trinajstić information content (AvgIpc) is 2.36. The second kappa shape index (κ2) is 6.15. The van der Waals surface area contributed by atoms with Crippen molar-refractivity contribution < 1.29 is 13.5 Å². The van der Waals surface area contributed by atoms with Crippen molar-refractivity contribution >= 4 is 15.9 Å². The molecule has 2 aromatic carbocycles. The fraction of sp³-hybridized carbons (Fsp3) is 0.200. The van der Waals surface area contributed by atoms with Gasteiger partial charge in [0.1, 0.15) is 11.6 Å². The monoisotopic (exact) mass is 326 g/mol. The van der Waals surface area contributed by atoms with Crippen LogP contribution in [0.1, 0.15) is 18.9 Å². The van der Waals surface area contributed by atoms with E-state index in [4.69, 9.17) is 4.74 Å². The standard InChI is InChI=1S/C15H13BrF2O/c1-2-3-10-4-6-14(12(16)8-10)19-15-7-5-11(17)9-13(15)18/h4-9H,2-3H2,1H3. The van der Waals surface area contributed by atoms with E-state index in [1.165, 1.54) is 11.6 Å². The van der Waals surface area contributed by atoms with Crippen LogP contribution in [0.3, 0.4) is 0 Å². The molecule has 0 spiro atoms. The van der Waals surface area contributed by atoms with Crippen LogP contribution in [0, 0.1) is 11.6 Å². The van der Waals surface area contributed by atoms with Gasteiger partial charge in [-0.05, 0) is 52.2 Å². The van der Waals surface area contributed by atoms with E-state index in [2.05, 4.69) is 22.9 Å². The molecule has 0 atom stereocenters. The molecule has 0 unspecified atom stereocenters. The molecule has 19 heavy (non-hydrogen) atoms. The Bertz CT molecular complexity index is 584. The third-order valence-corrected chi connectivity index (χ3v) is 3.27. The predicted molar refractivity (Wildman–Crippen MR) is 74.6 cm³/mol. The molecule has 0 amide bonds. The summed E-state index contributed by atoms with van der Waals surface area (Å²) in [6, 6.07) is 8.90. The van der Waals surface area contributed by atoms with E-state index >= 15 is 0 Å². The van der Waals surface area contributed by atoms with Crippen molar-refractivity contribution in [3.63, 3.8) is 0 Å². The number of halogens is 3. The lowest BCUT2D eigenvalue weighted by atomic mass is 10.1. The zero-order chi connectivity index (χ0) is 13.8. The lowest BCUT2D eigenvalue weighted by Gasteiger charge is -2.10. The maximum atomic E-state index is 13.5. The van der Waals surface area contributed by atoms with Crippen LogP contribution in [-0.2, 0) is 6.42 Å². The summed E-state index contributed by atoms with van der Waals surface area (Å²) in [7, 11) is 0. The Morgan fingerprint density at radius 2 is 1.79 bits per heavy atom. The lowest BCUT2D eigenvalue weighted by Crippen LogP contribution is -1.91. The van der Waals surface area contributed by atoms with Gasteiger partial charge in [-0.15, -0.1) is 0 Å². The lowest BCUT2D eigenvalue weighted by molar-refractivity contribution is 0.435. The quantitative estimate of drug-likeness (QED) is 0.723. The smallest absolute Gasteiger partial charge is 0.168 e. The minimum atomic E-state index is -0.718. The summed E-state index contributed by atoms with van der Waals surface area (Å²) in [5.74, 6) is -0.831. The van der Waals surface area contributed by atoms with E-state index < -0.39 is 11.6 Å². The maximum absolute atomic E-state index is 13.5. The van der Waals surface area contributed by atoms with Gasteiger partial charge in [-0.25, -0.2) is 8.78 Å². The predicted octanol–water partition coefficient (Wildman–Crippen LogP) is 5.47. The van der Waals surface area contributed by atoms with Gasteiger partial charge in [0.25, 0.3) is 0 Å². The van der Waals surface area contributed by atoms with Gasteiger partial charge in [-0.2, -0.15) is 0 Å². The Labute approximate surface area is 119 Å². The summed E-state index contributed by atoms with van der Waals surface area (Å²) < 4.78 is 32.5. The summed E-state index contributed by atoms with van der Waals surface area (Å²) in [6.07, 6.45) is 2.03. The zero-order valence-electron chi connectivity index (χ0n) is 10.4. The largest absolute Gasteiger partial charge is 0.453 e. The minimum absolute atomic E-state index is 0.00495. The van der Waals surface area contributed by atoms with Crippen molar-refractivity contribution in [3.8, 4) is 11.5 Å². The Balaban J connectivity index is 2.23. The molecule has 0 saturated carbocycles. The van der Waals surface area contributed by atoms with E-state index in [0.29, 0.717) is 5.75 Å². The van der Waals surface area contributed by atoms with Crippen LogP contribution in [0.2, 0.25) is 0 Å². The molecule has 100 valence electrons. The van der Waals surface area contributed by atoms with Crippen molar-refractivity contribution in [2.45, 2.75) is 19.8 Å². The molecule has 0 aliphatic rings. The molecule has 0 saturated heterocycles. The normalized spacial score (nSPS) is 10.5. The third-order valence-electron chi connectivity index (χ3n) is 2.65. The highest BCUT2D eigenvalue weighted by Gasteiger charge is 2.09. The van der Waals surface area contributed by atoms with Crippen LogP contribution in [0.15, 0.2) is 40.9 Å². The number of hydrogen-bond acceptors (Lipinski definition) is 1. The summed E-state index contributed by atoms with van der Waals surface area (Å²) in [6.45, 7) is 2.10. The molecule has 0 heterocycles. The van der Waals surface area contributed by atoms with E-state index in [1.807, 2.05) is 12.1 Å². The molecule has 0 aliphatic carbocycles. The highest BCUT2D eigenvalue weighted by Crippen LogP contribution is 2.32. The minimum Gasteiger partial charge on any atom is -0.453 e. The molecule has 2 rings (SSSR count). The van der Waals surface area contributed by atoms with Crippen LogP contribution in [0.5, 0.6) is 11.5 Å². The molecule has 0 bridgehead atoms. The Morgan fingerprint density at radius 1 is 1.05 bits per heavy atom. The van der Waals surface area contributed by atoms with Crippen molar-refractivity contribution in [2.75, 3.05) is 0 Å². The van der Waals surface area contributed by atoms with Crippen molar-refractivity contribution in [3.05, 3.63) is 58.1 Å². The topological polar surface area (TPSA) is 9.23 Å². The van der Waals surface area contributed by atoms with Gasteiger partial charge < -0.3 is 4.74 Å². The Morgan fingerprint density at radius 3 is 2.42 bits per heavy atom. The van der Waals surface area contributed by atoms with Gasteiger partial charge in [0.15, 0.2) is 11.6 Å². The SMILES string of the molecule is CCCc1ccc(Oc2ccc(F)cc2F)c(Br)c1. The molecule has 0 aromatic heterocycles. The number of aryl methyl sites for hydroxylation is 1. The van der Waals surface area contributed by atoms with E-state index in [-0.39, 0.29) is 5.75 Å². The molecule has 1 nitrogen and oxygen atoms in total. The fourth-order valence-corrected chi connectivity index (χ4v) is 2.25.